The van der Waals surface area contributed by atoms with Gasteiger partial charge >= 0.3 is 0 Å². The Hall–Kier alpha value is 0.0700. The Bertz CT molecular complexity index is 210. The summed E-state index contributed by atoms with van der Waals surface area (Å²) in [5, 5.41) is 1.05. The van der Waals surface area contributed by atoms with Crippen LogP contribution in [0.15, 0.2) is 17.1 Å². The summed E-state index contributed by atoms with van der Waals surface area (Å²) in [6, 6.07) is 0. The molecule has 0 bridgehead atoms. The van der Waals surface area contributed by atoms with Gasteiger partial charge in [0.25, 0.3) is 0 Å². The molecule has 0 saturated heterocycles. The molecule has 0 aliphatic carbocycles. The van der Waals surface area contributed by atoms with Crippen molar-refractivity contribution in [2.75, 3.05) is 13.6 Å². The van der Waals surface area contributed by atoms with Gasteiger partial charge in [-0.25, -0.2) is 0 Å². The van der Waals surface area contributed by atoms with E-state index in [9.17, 15) is 0 Å². The van der Waals surface area contributed by atoms with E-state index in [1.165, 1.54) is 0 Å². The highest BCUT2D eigenvalue weighted by Gasteiger charge is 2.17. The van der Waals surface area contributed by atoms with Crippen LogP contribution < -0.4 is 5.73 Å². The smallest absolute Gasteiger partial charge is 0.100 e. The largest absolute Gasteiger partial charge is 0.329 e. The Morgan fingerprint density at radius 1 is 1.50 bits per heavy atom. The maximum absolute atomic E-state index is 5.64. The van der Waals surface area contributed by atoms with E-state index >= 15 is 0 Å². The third kappa shape index (κ3) is 6.51. The molecule has 0 amide bonds. The zero-order valence-electron chi connectivity index (χ0n) is 9.41. The van der Waals surface area contributed by atoms with Gasteiger partial charge in [-0.05, 0) is 37.1 Å². The number of rotatable bonds is 5. The molecule has 0 atom stereocenters. The van der Waals surface area contributed by atoms with Crippen molar-refractivity contribution in [3.05, 3.63) is 12.2 Å². The van der Waals surface area contributed by atoms with Gasteiger partial charge in [0.05, 0.1) is 0 Å². The minimum Gasteiger partial charge on any atom is -0.329 e. The van der Waals surface area contributed by atoms with Gasteiger partial charge in [0, 0.05) is 18.3 Å². The lowest BCUT2D eigenvalue weighted by Gasteiger charge is -2.20. The van der Waals surface area contributed by atoms with E-state index in [1.807, 2.05) is 7.05 Å². The molecule has 0 aromatic carbocycles. The van der Waals surface area contributed by atoms with Crippen molar-refractivity contribution in [1.82, 2.24) is 0 Å². The first kappa shape index (κ1) is 14.1. The van der Waals surface area contributed by atoms with Gasteiger partial charge in [-0.3, -0.25) is 4.99 Å². The predicted molar refractivity (Wildman–Crippen MR) is 71.1 cm³/mol. The highest BCUT2D eigenvalue weighted by molar-refractivity contribution is 8.82. The molecule has 0 heterocycles. The summed E-state index contributed by atoms with van der Waals surface area (Å²) < 4.78 is 0.112. The zero-order valence-corrected chi connectivity index (χ0v) is 11.0. The molecule has 0 aliphatic rings. The molecule has 0 spiro atoms. The van der Waals surface area contributed by atoms with Crippen molar-refractivity contribution >= 4 is 26.6 Å². The van der Waals surface area contributed by atoms with Crippen LogP contribution in [0.5, 0.6) is 0 Å². The lowest BCUT2D eigenvalue weighted by atomic mass is 10.2. The Morgan fingerprint density at radius 2 is 2.14 bits per heavy atom. The van der Waals surface area contributed by atoms with Gasteiger partial charge in [-0.2, -0.15) is 0 Å². The number of allylic oxidation sites excluding steroid dienone is 1. The number of nitrogens with zero attached hydrogens (tertiary/aromatic N) is 1. The minimum absolute atomic E-state index is 0.112. The topological polar surface area (TPSA) is 38.4 Å². The standard InChI is InChI=1S/C10H20N2S2/c1-5-6-7-9(12-4)13-14-10(2,3)8-11/h6-7H,5,8,11H2,1-4H3/b7-6-,12-9?. The molecular weight excluding hydrogens is 212 g/mol. The van der Waals surface area contributed by atoms with Crippen LogP contribution in [-0.2, 0) is 0 Å². The van der Waals surface area contributed by atoms with Gasteiger partial charge in [0.2, 0.25) is 0 Å². The second kappa shape index (κ2) is 7.37. The Kier molecular flexibility index (Phi) is 7.41. The molecule has 0 aromatic heterocycles. The quantitative estimate of drug-likeness (QED) is 0.450. The summed E-state index contributed by atoms with van der Waals surface area (Å²) in [5.74, 6) is 0. The lowest BCUT2D eigenvalue weighted by molar-refractivity contribution is 0.729. The van der Waals surface area contributed by atoms with Crippen molar-refractivity contribution in [2.24, 2.45) is 10.7 Å². The lowest BCUT2D eigenvalue weighted by Crippen LogP contribution is -2.25. The summed E-state index contributed by atoms with van der Waals surface area (Å²) in [6.07, 6.45) is 5.22. The van der Waals surface area contributed by atoms with E-state index in [0.29, 0.717) is 6.54 Å². The molecule has 0 saturated carbocycles. The molecule has 82 valence electrons. The van der Waals surface area contributed by atoms with Crippen LogP contribution in [0.1, 0.15) is 27.2 Å². The Morgan fingerprint density at radius 3 is 2.57 bits per heavy atom. The van der Waals surface area contributed by atoms with Crippen molar-refractivity contribution in [2.45, 2.75) is 31.9 Å². The third-order valence-corrected chi connectivity index (χ3v) is 4.87. The fourth-order valence-electron chi connectivity index (χ4n) is 0.548. The highest BCUT2D eigenvalue weighted by atomic mass is 33.1. The molecule has 0 radical (unpaired) electrons. The van der Waals surface area contributed by atoms with Crippen LogP contribution >= 0.6 is 21.6 Å². The Labute approximate surface area is 95.2 Å². The summed E-state index contributed by atoms with van der Waals surface area (Å²) in [4.78, 5) is 4.19. The van der Waals surface area contributed by atoms with E-state index in [0.717, 1.165) is 11.5 Å². The van der Waals surface area contributed by atoms with Gasteiger partial charge in [0.1, 0.15) is 5.04 Å². The van der Waals surface area contributed by atoms with Crippen molar-refractivity contribution in [1.29, 1.82) is 0 Å². The molecular formula is C10H20N2S2. The Balaban J connectivity index is 4.04. The van der Waals surface area contributed by atoms with E-state index in [4.69, 9.17) is 5.73 Å². The van der Waals surface area contributed by atoms with Crippen LogP contribution in [0.25, 0.3) is 0 Å². The van der Waals surface area contributed by atoms with Gasteiger partial charge in [-0.1, -0.05) is 23.8 Å². The fourth-order valence-corrected chi connectivity index (χ4v) is 2.68. The van der Waals surface area contributed by atoms with E-state index in [2.05, 4.69) is 37.9 Å². The van der Waals surface area contributed by atoms with Crippen LogP contribution in [-0.4, -0.2) is 23.4 Å². The number of nitrogens with two attached hydrogens (primary N) is 1. The molecule has 0 aromatic rings. The third-order valence-electron chi connectivity index (χ3n) is 1.56. The van der Waals surface area contributed by atoms with E-state index in [-0.39, 0.29) is 4.75 Å². The zero-order chi connectivity index (χ0) is 11.0. The average Bonchev–Trinajstić information content (AvgIpc) is 2.18. The second-order valence-corrected chi connectivity index (χ2v) is 6.36. The highest BCUT2D eigenvalue weighted by Crippen LogP contribution is 2.35. The molecule has 4 heteroatoms. The van der Waals surface area contributed by atoms with Crippen LogP contribution in [0, 0.1) is 0 Å². The van der Waals surface area contributed by atoms with Crippen molar-refractivity contribution in [3.63, 3.8) is 0 Å². The van der Waals surface area contributed by atoms with Crippen LogP contribution in [0.4, 0.5) is 0 Å². The molecule has 0 unspecified atom stereocenters. The molecule has 14 heavy (non-hydrogen) atoms. The normalized spacial score (nSPS) is 13.9. The molecule has 2 N–H and O–H groups in total. The number of hydrogen-bond donors (Lipinski definition) is 1. The van der Waals surface area contributed by atoms with Gasteiger partial charge in [-0.15, -0.1) is 0 Å². The molecule has 0 rings (SSSR count). The number of aliphatic imine (C=N–C) groups is 1. The van der Waals surface area contributed by atoms with Crippen molar-refractivity contribution < 1.29 is 0 Å². The molecule has 2 nitrogen and oxygen atoms in total. The number of hydrogen-bond acceptors (Lipinski definition) is 4. The SMILES string of the molecule is CC/C=C\C(=NC)SSC(C)(C)CN. The maximum atomic E-state index is 5.64. The monoisotopic (exact) mass is 232 g/mol. The molecule has 0 aliphatic heterocycles. The fraction of sp³-hybridized carbons (Fsp3) is 0.700. The van der Waals surface area contributed by atoms with E-state index in [1.54, 1.807) is 21.6 Å². The summed E-state index contributed by atoms with van der Waals surface area (Å²) in [6.45, 7) is 7.08. The van der Waals surface area contributed by atoms with E-state index < -0.39 is 0 Å². The van der Waals surface area contributed by atoms with Crippen LogP contribution in [0.2, 0.25) is 0 Å². The first-order chi connectivity index (χ1) is 6.55. The van der Waals surface area contributed by atoms with Crippen molar-refractivity contribution in [3.8, 4) is 0 Å². The molecule has 0 fully saturated rings. The van der Waals surface area contributed by atoms with Gasteiger partial charge in [0.15, 0.2) is 0 Å². The summed E-state index contributed by atoms with van der Waals surface area (Å²) in [7, 11) is 5.28. The first-order valence-electron chi connectivity index (χ1n) is 4.74. The summed E-state index contributed by atoms with van der Waals surface area (Å²) >= 11 is 0. The first-order valence-corrected chi connectivity index (χ1v) is 6.89. The van der Waals surface area contributed by atoms with Gasteiger partial charge < -0.3 is 5.73 Å². The summed E-state index contributed by atoms with van der Waals surface area (Å²) in [5.41, 5.74) is 5.64. The second-order valence-electron chi connectivity index (χ2n) is 3.50. The average molecular weight is 232 g/mol. The minimum atomic E-state index is 0.112. The van der Waals surface area contributed by atoms with Crippen LogP contribution in [0.3, 0.4) is 0 Å². The predicted octanol–water partition coefficient (Wildman–Crippen LogP) is 3.10. The maximum Gasteiger partial charge on any atom is 0.100 e.